The summed E-state index contributed by atoms with van der Waals surface area (Å²) in [5.74, 6) is 2.38. The van der Waals surface area contributed by atoms with Crippen LogP contribution in [-0.4, -0.2) is 40.8 Å². The summed E-state index contributed by atoms with van der Waals surface area (Å²) in [7, 11) is 1.16. The van der Waals surface area contributed by atoms with Gasteiger partial charge in [-0.15, -0.1) is 0 Å². The third kappa shape index (κ3) is 6.37. The Morgan fingerprint density at radius 2 is 2.00 bits per heavy atom. The summed E-state index contributed by atoms with van der Waals surface area (Å²) in [4.78, 5) is 4.33. The van der Waals surface area contributed by atoms with Crippen LogP contribution < -0.4 is 10.6 Å². The second-order valence-corrected chi connectivity index (χ2v) is 7.94. The molecule has 1 fully saturated rings. The van der Waals surface area contributed by atoms with Crippen molar-refractivity contribution in [1.29, 1.82) is 0 Å². The van der Waals surface area contributed by atoms with Crippen LogP contribution in [0.2, 0.25) is 0 Å². The maximum absolute atomic E-state index is 12.0. The van der Waals surface area contributed by atoms with Crippen LogP contribution in [0, 0.1) is 5.92 Å². The molecule has 4 nitrogen and oxygen atoms in total. The van der Waals surface area contributed by atoms with Gasteiger partial charge in [-0.3, -0.25) is 9.20 Å². The first-order valence-electron chi connectivity index (χ1n) is 8.48. The van der Waals surface area contributed by atoms with Gasteiger partial charge in [0.05, 0.1) is 0 Å². The molecule has 1 aliphatic rings. The van der Waals surface area contributed by atoms with Crippen LogP contribution in [0.5, 0.6) is 0 Å². The van der Waals surface area contributed by atoms with Crippen LogP contribution in [0.25, 0.3) is 0 Å². The van der Waals surface area contributed by atoms with Crippen LogP contribution in [0.4, 0.5) is 0 Å². The summed E-state index contributed by atoms with van der Waals surface area (Å²) >= 11 is 0. The Morgan fingerprint density at radius 3 is 2.57 bits per heavy atom. The molecule has 0 spiro atoms. The van der Waals surface area contributed by atoms with Crippen molar-refractivity contribution in [2.45, 2.75) is 70.6 Å². The molecule has 0 bridgehead atoms. The molecule has 1 rings (SSSR count). The van der Waals surface area contributed by atoms with E-state index in [1.165, 1.54) is 12.8 Å². The molecule has 5 heteroatoms. The Balaban J connectivity index is 2.44. The van der Waals surface area contributed by atoms with Crippen LogP contribution in [0.15, 0.2) is 4.99 Å². The maximum atomic E-state index is 12.0. The molecule has 0 amide bonds. The van der Waals surface area contributed by atoms with Gasteiger partial charge in [0.15, 0.2) is 5.96 Å². The molecule has 0 aromatic carbocycles. The van der Waals surface area contributed by atoms with E-state index in [9.17, 15) is 4.21 Å². The van der Waals surface area contributed by atoms with E-state index in [2.05, 4.69) is 29.5 Å². The van der Waals surface area contributed by atoms with E-state index in [0.29, 0.717) is 17.2 Å². The van der Waals surface area contributed by atoms with Crippen LogP contribution in [0.3, 0.4) is 0 Å². The van der Waals surface area contributed by atoms with Gasteiger partial charge >= 0.3 is 0 Å². The van der Waals surface area contributed by atoms with E-state index in [-0.39, 0.29) is 0 Å². The lowest BCUT2D eigenvalue weighted by Gasteiger charge is -2.30. The van der Waals surface area contributed by atoms with Gasteiger partial charge in [-0.2, -0.15) is 0 Å². The Hall–Kier alpha value is -0.580. The molecule has 0 radical (unpaired) electrons. The lowest BCUT2D eigenvalue weighted by atomic mass is 9.95. The molecule has 1 saturated carbocycles. The number of hydrogen-bond acceptors (Lipinski definition) is 2. The minimum atomic E-state index is -0.665. The van der Waals surface area contributed by atoms with Gasteiger partial charge < -0.3 is 10.6 Å². The van der Waals surface area contributed by atoms with Crippen molar-refractivity contribution in [3.63, 3.8) is 0 Å². The Labute approximate surface area is 133 Å². The van der Waals surface area contributed by atoms with Crippen molar-refractivity contribution < 1.29 is 4.21 Å². The van der Waals surface area contributed by atoms with E-state index >= 15 is 0 Å². The standard InChI is InChI=1S/C16H33N3OS/c1-5-13(6-2)12-18-16(17-4)19-14-9-8-10-15(11-14)21(20)7-3/h13-15H,5-12H2,1-4H3,(H2,17,18,19). The summed E-state index contributed by atoms with van der Waals surface area (Å²) < 4.78 is 12.0. The van der Waals surface area contributed by atoms with Gasteiger partial charge in [0, 0.05) is 41.4 Å². The number of hydrogen-bond donors (Lipinski definition) is 2. The smallest absolute Gasteiger partial charge is 0.191 e. The third-order valence-electron chi connectivity index (χ3n) is 4.56. The summed E-state index contributed by atoms with van der Waals surface area (Å²) in [6, 6.07) is 0.409. The van der Waals surface area contributed by atoms with Gasteiger partial charge in [0.2, 0.25) is 0 Å². The van der Waals surface area contributed by atoms with Crippen molar-refractivity contribution in [3.8, 4) is 0 Å². The first kappa shape index (κ1) is 18.5. The first-order valence-corrected chi connectivity index (χ1v) is 9.87. The Bertz CT molecular complexity index is 342. The quantitative estimate of drug-likeness (QED) is 0.561. The molecule has 1 aliphatic carbocycles. The number of aliphatic imine (C=N–C) groups is 1. The van der Waals surface area contributed by atoms with Gasteiger partial charge in [-0.1, -0.05) is 40.0 Å². The molecule has 124 valence electrons. The predicted molar refractivity (Wildman–Crippen MR) is 93.3 cm³/mol. The molecule has 3 atom stereocenters. The first-order chi connectivity index (χ1) is 10.1. The monoisotopic (exact) mass is 315 g/mol. The zero-order chi connectivity index (χ0) is 15.7. The zero-order valence-corrected chi connectivity index (χ0v) is 15.0. The summed E-state index contributed by atoms with van der Waals surface area (Å²) in [6.07, 6.45) is 6.83. The molecule has 2 N–H and O–H groups in total. The highest BCUT2D eigenvalue weighted by atomic mass is 32.2. The van der Waals surface area contributed by atoms with Crippen molar-refractivity contribution in [2.75, 3.05) is 19.3 Å². The van der Waals surface area contributed by atoms with Crippen molar-refractivity contribution in [3.05, 3.63) is 0 Å². The lowest BCUT2D eigenvalue weighted by molar-refractivity contribution is 0.410. The van der Waals surface area contributed by atoms with Gasteiger partial charge in [-0.25, -0.2) is 0 Å². The molecule has 0 heterocycles. The number of nitrogens with zero attached hydrogens (tertiary/aromatic N) is 1. The van der Waals surface area contributed by atoms with E-state index < -0.39 is 10.8 Å². The molecule has 0 aromatic rings. The average Bonchev–Trinajstić information content (AvgIpc) is 2.54. The summed E-state index contributed by atoms with van der Waals surface area (Å²) in [5, 5.41) is 7.32. The third-order valence-corrected chi connectivity index (χ3v) is 6.30. The minimum Gasteiger partial charge on any atom is -0.356 e. The van der Waals surface area contributed by atoms with Gasteiger partial charge in [0.25, 0.3) is 0 Å². The fourth-order valence-electron chi connectivity index (χ4n) is 2.96. The lowest BCUT2D eigenvalue weighted by Crippen LogP contribution is -2.47. The summed E-state index contributed by atoms with van der Waals surface area (Å²) in [6.45, 7) is 7.46. The molecular formula is C16H33N3OS. The van der Waals surface area contributed by atoms with Crippen LogP contribution in [0.1, 0.15) is 59.3 Å². The van der Waals surface area contributed by atoms with Crippen molar-refractivity contribution in [1.82, 2.24) is 10.6 Å². The minimum absolute atomic E-state index is 0.360. The highest BCUT2D eigenvalue weighted by Crippen LogP contribution is 2.22. The molecule has 0 aromatic heterocycles. The molecule has 3 unspecified atom stereocenters. The molecule has 21 heavy (non-hydrogen) atoms. The van der Waals surface area contributed by atoms with Crippen molar-refractivity contribution in [2.24, 2.45) is 10.9 Å². The Kier molecular flexibility index (Phi) is 8.97. The SMILES string of the molecule is CCC(CC)CNC(=NC)NC1CCCC(S(=O)CC)C1. The topological polar surface area (TPSA) is 53.5 Å². The Morgan fingerprint density at radius 1 is 1.29 bits per heavy atom. The molecular weight excluding hydrogens is 282 g/mol. The highest BCUT2D eigenvalue weighted by Gasteiger charge is 2.26. The number of nitrogens with one attached hydrogen (secondary N) is 2. The fraction of sp³-hybridized carbons (Fsp3) is 0.938. The molecule has 0 saturated heterocycles. The van der Waals surface area contributed by atoms with Crippen molar-refractivity contribution >= 4 is 16.8 Å². The fourth-order valence-corrected chi connectivity index (χ4v) is 4.30. The highest BCUT2D eigenvalue weighted by molar-refractivity contribution is 7.85. The van der Waals surface area contributed by atoms with E-state index in [1.54, 1.807) is 0 Å². The second kappa shape index (κ2) is 10.2. The normalized spacial score (nSPS) is 24.9. The van der Waals surface area contributed by atoms with Crippen LogP contribution >= 0.6 is 0 Å². The molecule has 0 aliphatic heterocycles. The zero-order valence-electron chi connectivity index (χ0n) is 14.2. The maximum Gasteiger partial charge on any atom is 0.191 e. The average molecular weight is 316 g/mol. The van der Waals surface area contributed by atoms with E-state index in [4.69, 9.17) is 0 Å². The van der Waals surface area contributed by atoms with E-state index in [0.717, 1.165) is 43.9 Å². The number of rotatable bonds is 7. The van der Waals surface area contributed by atoms with Gasteiger partial charge in [0.1, 0.15) is 0 Å². The van der Waals surface area contributed by atoms with E-state index in [1.807, 2.05) is 14.0 Å². The second-order valence-electron chi connectivity index (χ2n) is 5.93. The summed E-state index contributed by atoms with van der Waals surface area (Å²) in [5.41, 5.74) is 0. The van der Waals surface area contributed by atoms with Gasteiger partial charge in [-0.05, 0) is 25.2 Å². The predicted octanol–water partition coefficient (Wildman–Crippen LogP) is 2.67. The number of guanidine groups is 1. The van der Waals surface area contributed by atoms with Crippen LogP contribution in [-0.2, 0) is 10.8 Å². The largest absolute Gasteiger partial charge is 0.356 e.